The second kappa shape index (κ2) is 14.5. The lowest BCUT2D eigenvalue weighted by molar-refractivity contribution is 0.470. The van der Waals surface area contributed by atoms with Crippen LogP contribution < -0.4 is 5.32 Å². The molecule has 1 N–H and O–H groups in total. The number of halogens is 1. The quantitative estimate of drug-likeness (QED) is 0.235. The zero-order valence-electron chi connectivity index (χ0n) is 12.0. The van der Waals surface area contributed by atoms with Crippen LogP contribution in [0.5, 0.6) is 0 Å². The Balaban J connectivity index is 0. The summed E-state index contributed by atoms with van der Waals surface area (Å²) in [6.45, 7) is 10.6. The van der Waals surface area contributed by atoms with Crippen LogP contribution in [0.2, 0.25) is 0 Å². The molecule has 0 bridgehead atoms. The fraction of sp³-hybridized carbons (Fsp3) is 0.643. The van der Waals surface area contributed by atoms with Crippen molar-refractivity contribution in [2.45, 2.75) is 33.1 Å². The lowest BCUT2D eigenvalue weighted by Crippen LogP contribution is -2.39. The van der Waals surface area contributed by atoms with E-state index in [0.717, 1.165) is 44.9 Å². The van der Waals surface area contributed by atoms with E-state index in [1.807, 2.05) is 13.0 Å². The van der Waals surface area contributed by atoms with Crippen molar-refractivity contribution in [3.8, 4) is 0 Å². The van der Waals surface area contributed by atoms with Crippen molar-refractivity contribution in [1.82, 2.24) is 10.2 Å². The Hall–Kier alpha value is -0.520. The van der Waals surface area contributed by atoms with E-state index in [1.165, 1.54) is 0 Å². The Bertz CT molecular complexity index is 249. The van der Waals surface area contributed by atoms with Gasteiger partial charge >= 0.3 is 0 Å². The number of hydrogen-bond donors (Lipinski definition) is 1. The maximum atomic E-state index is 4.58. The van der Waals surface area contributed by atoms with Crippen LogP contribution in [-0.2, 0) is 0 Å². The summed E-state index contributed by atoms with van der Waals surface area (Å²) in [6.07, 6.45) is 9.36. The molecule has 0 saturated heterocycles. The third-order valence-electron chi connectivity index (χ3n) is 2.39. The molecule has 0 heterocycles. The highest BCUT2D eigenvalue weighted by Crippen LogP contribution is 1.95. The first-order valence-corrected chi connectivity index (χ1v) is 6.47. The van der Waals surface area contributed by atoms with Gasteiger partial charge in [0.1, 0.15) is 0 Å². The molecule has 0 radical (unpaired) electrons. The minimum absolute atomic E-state index is 0. The van der Waals surface area contributed by atoms with Crippen molar-refractivity contribution >= 4 is 29.9 Å². The van der Waals surface area contributed by atoms with Gasteiger partial charge in [0.05, 0.1) is 0 Å². The molecule has 4 heteroatoms. The summed E-state index contributed by atoms with van der Waals surface area (Å²) in [5, 5.41) is 3.31. The Kier molecular flexibility index (Phi) is 16.0. The third kappa shape index (κ3) is 10.6. The summed E-state index contributed by atoms with van der Waals surface area (Å²) in [5.74, 6) is 1.00. The lowest BCUT2D eigenvalue weighted by Gasteiger charge is -2.21. The van der Waals surface area contributed by atoms with E-state index in [-0.39, 0.29) is 24.0 Å². The number of hydrogen-bond acceptors (Lipinski definition) is 1. The Labute approximate surface area is 129 Å². The van der Waals surface area contributed by atoms with Gasteiger partial charge in [-0.2, -0.15) is 0 Å². The van der Waals surface area contributed by atoms with Crippen LogP contribution in [0.15, 0.2) is 29.8 Å². The summed E-state index contributed by atoms with van der Waals surface area (Å²) in [5.41, 5.74) is 0. The number of nitrogens with zero attached hydrogens (tertiary/aromatic N) is 2. The zero-order valence-corrected chi connectivity index (χ0v) is 14.3. The number of guanidine groups is 1. The van der Waals surface area contributed by atoms with E-state index in [2.05, 4.69) is 47.9 Å². The number of nitrogens with one attached hydrogen (secondary N) is 1. The van der Waals surface area contributed by atoms with Crippen molar-refractivity contribution in [3.05, 3.63) is 24.8 Å². The zero-order chi connectivity index (χ0) is 12.9. The summed E-state index contributed by atoms with van der Waals surface area (Å²) in [4.78, 5) is 6.77. The topological polar surface area (TPSA) is 27.6 Å². The van der Waals surface area contributed by atoms with Gasteiger partial charge < -0.3 is 10.2 Å². The van der Waals surface area contributed by atoms with Crippen molar-refractivity contribution in [1.29, 1.82) is 0 Å². The second-order valence-electron chi connectivity index (χ2n) is 3.95. The molecule has 0 aromatic carbocycles. The largest absolute Gasteiger partial charge is 0.357 e. The summed E-state index contributed by atoms with van der Waals surface area (Å²) < 4.78 is 0. The van der Waals surface area contributed by atoms with E-state index < -0.39 is 0 Å². The molecule has 0 aromatic rings. The summed E-state index contributed by atoms with van der Waals surface area (Å²) in [6, 6.07) is 0. The normalized spacial score (nSPS) is 11.2. The maximum absolute atomic E-state index is 4.58. The average Bonchev–Trinajstić information content (AvgIpc) is 2.33. The molecule has 106 valence electrons. The predicted molar refractivity (Wildman–Crippen MR) is 92.9 cm³/mol. The van der Waals surface area contributed by atoms with Crippen molar-refractivity contribution in [2.75, 3.05) is 26.7 Å². The van der Waals surface area contributed by atoms with Gasteiger partial charge in [-0.25, -0.2) is 0 Å². The molecular formula is C14H28IN3. The standard InChI is InChI=1S/C14H27N3.HI/c1-5-8-10-12-16-14(15-7-3)17(4)13-11-9-6-2;/h5-6,8H,2,7,9-13H2,1,3-4H3,(H,15,16);1H/b8-5+;. The fourth-order valence-corrected chi connectivity index (χ4v) is 1.46. The molecular weight excluding hydrogens is 337 g/mol. The number of rotatable bonds is 8. The molecule has 0 atom stereocenters. The highest BCUT2D eigenvalue weighted by molar-refractivity contribution is 14.0. The smallest absolute Gasteiger partial charge is 0.193 e. The first kappa shape index (κ1) is 19.8. The fourth-order valence-electron chi connectivity index (χ4n) is 1.46. The predicted octanol–water partition coefficient (Wildman–Crippen LogP) is 3.43. The van der Waals surface area contributed by atoms with Gasteiger partial charge in [0, 0.05) is 26.7 Å². The van der Waals surface area contributed by atoms with E-state index in [1.54, 1.807) is 0 Å². The Morgan fingerprint density at radius 3 is 2.67 bits per heavy atom. The molecule has 0 spiro atoms. The van der Waals surface area contributed by atoms with Crippen LogP contribution in [-0.4, -0.2) is 37.5 Å². The van der Waals surface area contributed by atoms with Gasteiger partial charge in [0.2, 0.25) is 0 Å². The molecule has 0 unspecified atom stereocenters. The molecule has 0 aliphatic heterocycles. The van der Waals surface area contributed by atoms with Gasteiger partial charge in [0.25, 0.3) is 0 Å². The third-order valence-corrected chi connectivity index (χ3v) is 2.39. The van der Waals surface area contributed by atoms with Gasteiger partial charge in [-0.05, 0) is 33.1 Å². The SMILES string of the molecule is C=CCCCN(C)C(=NCC/C=C/C)NCC.I. The molecule has 3 nitrogen and oxygen atoms in total. The maximum Gasteiger partial charge on any atom is 0.193 e. The van der Waals surface area contributed by atoms with Crippen molar-refractivity contribution in [2.24, 2.45) is 4.99 Å². The Morgan fingerprint density at radius 1 is 1.39 bits per heavy atom. The van der Waals surface area contributed by atoms with E-state index in [4.69, 9.17) is 0 Å². The second-order valence-corrected chi connectivity index (χ2v) is 3.95. The average molecular weight is 365 g/mol. The number of allylic oxidation sites excluding steroid dienone is 2. The molecule has 0 rings (SSSR count). The van der Waals surface area contributed by atoms with E-state index >= 15 is 0 Å². The minimum atomic E-state index is 0. The lowest BCUT2D eigenvalue weighted by atomic mass is 10.3. The van der Waals surface area contributed by atoms with Gasteiger partial charge in [-0.15, -0.1) is 30.6 Å². The first-order chi connectivity index (χ1) is 8.26. The van der Waals surface area contributed by atoms with Crippen LogP contribution in [0.1, 0.15) is 33.1 Å². The molecule has 18 heavy (non-hydrogen) atoms. The summed E-state index contributed by atoms with van der Waals surface area (Å²) in [7, 11) is 2.08. The van der Waals surface area contributed by atoms with Crippen LogP contribution in [0, 0.1) is 0 Å². The van der Waals surface area contributed by atoms with Crippen molar-refractivity contribution in [3.63, 3.8) is 0 Å². The number of unbranched alkanes of at least 4 members (excludes halogenated alkanes) is 1. The molecule has 0 aliphatic rings. The number of aliphatic imine (C=N–C) groups is 1. The molecule has 0 aromatic heterocycles. The van der Waals surface area contributed by atoms with Crippen LogP contribution >= 0.6 is 24.0 Å². The van der Waals surface area contributed by atoms with Gasteiger partial charge in [-0.3, -0.25) is 4.99 Å². The van der Waals surface area contributed by atoms with Gasteiger partial charge in [0.15, 0.2) is 5.96 Å². The van der Waals surface area contributed by atoms with Crippen LogP contribution in [0.25, 0.3) is 0 Å². The van der Waals surface area contributed by atoms with Crippen molar-refractivity contribution < 1.29 is 0 Å². The molecule has 0 aliphatic carbocycles. The van der Waals surface area contributed by atoms with E-state index in [0.29, 0.717) is 0 Å². The van der Waals surface area contributed by atoms with Gasteiger partial charge in [-0.1, -0.05) is 18.2 Å². The Morgan fingerprint density at radius 2 is 2.11 bits per heavy atom. The summed E-state index contributed by atoms with van der Waals surface area (Å²) >= 11 is 0. The van der Waals surface area contributed by atoms with Crippen LogP contribution in [0.3, 0.4) is 0 Å². The van der Waals surface area contributed by atoms with Crippen LogP contribution in [0.4, 0.5) is 0 Å². The van der Waals surface area contributed by atoms with E-state index in [9.17, 15) is 0 Å². The molecule has 0 amide bonds. The first-order valence-electron chi connectivity index (χ1n) is 6.47. The minimum Gasteiger partial charge on any atom is -0.357 e. The monoisotopic (exact) mass is 365 g/mol. The highest BCUT2D eigenvalue weighted by atomic mass is 127. The highest BCUT2D eigenvalue weighted by Gasteiger charge is 2.03. The molecule has 0 fully saturated rings. The molecule has 0 saturated carbocycles.